The van der Waals surface area contributed by atoms with Gasteiger partial charge >= 0.3 is 0 Å². The molecular weight excluding hydrogens is 348 g/mol. The second-order valence-electron chi connectivity index (χ2n) is 7.63. The molecule has 1 N–H and O–H groups in total. The molecule has 26 heavy (non-hydrogen) atoms. The van der Waals surface area contributed by atoms with E-state index < -0.39 is 0 Å². The number of aromatic nitrogens is 2. The van der Waals surface area contributed by atoms with Crippen LogP contribution in [-0.4, -0.2) is 51.9 Å². The van der Waals surface area contributed by atoms with E-state index >= 15 is 0 Å². The molecule has 1 atom stereocenters. The highest BCUT2D eigenvalue weighted by atomic mass is 32.1. The van der Waals surface area contributed by atoms with Gasteiger partial charge in [0.1, 0.15) is 5.01 Å². The van der Waals surface area contributed by atoms with Gasteiger partial charge in [-0.05, 0) is 44.7 Å². The van der Waals surface area contributed by atoms with Gasteiger partial charge < -0.3 is 9.88 Å². The third-order valence-electron chi connectivity index (χ3n) is 5.82. The van der Waals surface area contributed by atoms with Crippen LogP contribution < -0.4 is 5.56 Å². The Morgan fingerprint density at radius 2 is 2.19 bits per heavy atom. The largest absolute Gasteiger partial charge is 0.339 e. The number of likely N-dealkylation sites (tertiary alicyclic amines) is 1. The summed E-state index contributed by atoms with van der Waals surface area (Å²) in [7, 11) is 2.18. The van der Waals surface area contributed by atoms with Crippen LogP contribution in [0.3, 0.4) is 0 Å². The standard InChI is InChI=1S/C19H24N4O2S/c1-13-9-14(10-16(24)21-13)18(25)23-6-3-19(4-7-23)11-15(19)22(2)12-17-20-5-8-26-17/h5,8-10,15H,3-4,6-7,11-12H2,1-2H3,(H,21,24). The van der Waals surface area contributed by atoms with Crippen LogP contribution in [0.4, 0.5) is 0 Å². The first-order valence-corrected chi connectivity index (χ1v) is 9.94. The van der Waals surface area contributed by atoms with E-state index in [0.717, 1.165) is 43.2 Å². The van der Waals surface area contributed by atoms with Crippen LogP contribution in [0.2, 0.25) is 0 Å². The molecular formula is C19H24N4O2S. The molecule has 2 fully saturated rings. The highest BCUT2D eigenvalue weighted by molar-refractivity contribution is 7.09. The number of nitrogens with zero attached hydrogens (tertiary/aromatic N) is 3. The smallest absolute Gasteiger partial charge is 0.254 e. The molecule has 1 saturated carbocycles. The topological polar surface area (TPSA) is 69.3 Å². The maximum Gasteiger partial charge on any atom is 0.254 e. The van der Waals surface area contributed by atoms with Crippen LogP contribution in [0.15, 0.2) is 28.5 Å². The fourth-order valence-corrected chi connectivity index (χ4v) is 4.96. The van der Waals surface area contributed by atoms with Crippen LogP contribution in [-0.2, 0) is 6.54 Å². The number of carbonyl (C=O) groups excluding carboxylic acids is 1. The first-order chi connectivity index (χ1) is 12.5. The lowest BCUT2D eigenvalue weighted by Crippen LogP contribution is -2.41. The number of hydrogen-bond acceptors (Lipinski definition) is 5. The number of aromatic amines is 1. The van der Waals surface area contributed by atoms with Gasteiger partial charge in [0, 0.05) is 48.0 Å². The van der Waals surface area contributed by atoms with Gasteiger partial charge in [-0.1, -0.05) is 0 Å². The molecule has 1 aliphatic carbocycles. The van der Waals surface area contributed by atoms with Gasteiger partial charge in [-0.2, -0.15) is 0 Å². The summed E-state index contributed by atoms with van der Waals surface area (Å²) in [4.78, 5) is 35.7. The molecule has 1 unspecified atom stereocenters. The predicted molar refractivity (Wildman–Crippen MR) is 101 cm³/mol. The number of amides is 1. The maximum atomic E-state index is 12.7. The van der Waals surface area contributed by atoms with Crippen molar-refractivity contribution < 1.29 is 4.79 Å². The first-order valence-electron chi connectivity index (χ1n) is 9.06. The quantitative estimate of drug-likeness (QED) is 0.894. The molecule has 0 aromatic carbocycles. The van der Waals surface area contributed by atoms with Crippen molar-refractivity contribution in [3.63, 3.8) is 0 Å². The van der Waals surface area contributed by atoms with Crippen molar-refractivity contribution >= 4 is 17.2 Å². The Bertz CT molecular complexity index is 853. The van der Waals surface area contributed by atoms with Crippen LogP contribution in [0.1, 0.15) is 40.3 Å². The minimum absolute atomic E-state index is 0.0256. The van der Waals surface area contributed by atoms with E-state index in [1.54, 1.807) is 24.3 Å². The summed E-state index contributed by atoms with van der Waals surface area (Å²) in [6.45, 7) is 4.24. The summed E-state index contributed by atoms with van der Waals surface area (Å²) in [5, 5.41) is 3.18. The average molecular weight is 372 g/mol. The van der Waals surface area contributed by atoms with Gasteiger partial charge in [0.2, 0.25) is 5.56 Å². The first kappa shape index (κ1) is 17.4. The van der Waals surface area contributed by atoms with Gasteiger partial charge in [0.25, 0.3) is 5.91 Å². The van der Waals surface area contributed by atoms with Crippen LogP contribution in [0.5, 0.6) is 0 Å². The molecule has 138 valence electrons. The van der Waals surface area contributed by atoms with Crippen LogP contribution >= 0.6 is 11.3 Å². The number of aryl methyl sites for hydroxylation is 1. The highest BCUT2D eigenvalue weighted by Crippen LogP contribution is 2.56. The summed E-state index contributed by atoms with van der Waals surface area (Å²) in [5.41, 5.74) is 1.36. The molecule has 1 saturated heterocycles. The average Bonchev–Trinajstić information content (AvgIpc) is 3.05. The van der Waals surface area contributed by atoms with Crippen molar-refractivity contribution in [3.8, 4) is 0 Å². The molecule has 1 aliphatic heterocycles. The van der Waals surface area contributed by atoms with Crippen molar-refractivity contribution in [1.29, 1.82) is 0 Å². The predicted octanol–water partition coefficient (Wildman–Crippen LogP) is 2.27. The molecule has 2 aromatic rings. The van der Waals surface area contributed by atoms with E-state index in [1.165, 1.54) is 12.5 Å². The zero-order valence-electron chi connectivity index (χ0n) is 15.2. The highest BCUT2D eigenvalue weighted by Gasteiger charge is 2.56. The molecule has 2 aliphatic rings. The minimum atomic E-state index is -0.215. The summed E-state index contributed by atoms with van der Waals surface area (Å²) in [5.74, 6) is -0.0256. The minimum Gasteiger partial charge on any atom is -0.339 e. The van der Waals surface area contributed by atoms with E-state index in [2.05, 4.69) is 21.9 Å². The fraction of sp³-hybridized carbons (Fsp3) is 0.526. The van der Waals surface area contributed by atoms with Crippen LogP contribution in [0, 0.1) is 12.3 Å². The van der Waals surface area contributed by atoms with E-state index in [4.69, 9.17) is 0 Å². The van der Waals surface area contributed by atoms with Crippen molar-refractivity contribution in [2.75, 3.05) is 20.1 Å². The van der Waals surface area contributed by atoms with E-state index in [0.29, 0.717) is 17.0 Å². The lowest BCUT2D eigenvalue weighted by molar-refractivity contribution is 0.0657. The zero-order chi connectivity index (χ0) is 18.3. The lowest BCUT2D eigenvalue weighted by atomic mass is 9.92. The number of nitrogens with one attached hydrogen (secondary N) is 1. The normalized spacial score (nSPS) is 21.3. The van der Waals surface area contributed by atoms with Gasteiger partial charge in [-0.3, -0.25) is 14.5 Å². The molecule has 6 nitrogen and oxygen atoms in total. The molecule has 7 heteroatoms. The number of piperidine rings is 1. The summed E-state index contributed by atoms with van der Waals surface area (Å²) < 4.78 is 0. The number of carbonyl (C=O) groups is 1. The van der Waals surface area contributed by atoms with Gasteiger partial charge in [0.15, 0.2) is 0 Å². The van der Waals surface area contributed by atoms with E-state index in [9.17, 15) is 9.59 Å². The third kappa shape index (κ3) is 3.33. The van der Waals surface area contributed by atoms with Gasteiger partial charge in [-0.25, -0.2) is 4.98 Å². The second kappa shape index (κ2) is 6.63. The van der Waals surface area contributed by atoms with E-state index in [-0.39, 0.29) is 11.5 Å². The molecule has 3 heterocycles. The monoisotopic (exact) mass is 372 g/mol. The van der Waals surface area contributed by atoms with Crippen LogP contribution in [0.25, 0.3) is 0 Å². The summed E-state index contributed by atoms with van der Waals surface area (Å²) in [6, 6.07) is 3.75. The Kier molecular flexibility index (Phi) is 4.44. The van der Waals surface area contributed by atoms with Gasteiger partial charge in [-0.15, -0.1) is 11.3 Å². The van der Waals surface area contributed by atoms with Gasteiger partial charge in [0.05, 0.1) is 6.54 Å². The number of H-pyrrole nitrogens is 1. The second-order valence-corrected chi connectivity index (χ2v) is 8.61. The Morgan fingerprint density at radius 1 is 1.42 bits per heavy atom. The summed E-state index contributed by atoms with van der Waals surface area (Å²) in [6.07, 6.45) is 5.14. The fourth-order valence-electron chi connectivity index (χ4n) is 4.29. The molecule has 1 spiro atoms. The Hall–Kier alpha value is -1.99. The third-order valence-corrected chi connectivity index (χ3v) is 6.58. The Labute approximate surface area is 156 Å². The Morgan fingerprint density at radius 3 is 2.85 bits per heavy atom. The van der Waals surface area contributed by atoms with Crippen molar-refractivity contribution in [2.45, 2.75) is 38.8 Å². The summed E-state index contributed by atoms with van der Waals surface area (Å²) >= 11 is 1.70. The number of pyridine rings is 1. The molecule has 4 rings (SSSR count). The SMILES string of the molecule is Cc1cc(C(=O)N2CCC3(CC2)CC3N(C)Cc2nccs2)cc(=O)[nH]1. The number of hydrogen-bond donors (Lipinski definition) is 1. The molecule has 2 aromatic heterocycles. The zero-order valence-corrected chi connectivity index (χ0v) is 16.0. The molecule has 0 bridgehead atoms. The maximum absolute atomic E-state index is 12.7. The Balaban J connectivity index is 1.36. The van der Waals surface area contributed by atoms with Crippen molar-refractivity contribution in [2.24, 2.45) is 5.41 Å². The number of rotatable bonds is 4. The lowest BCUT2D eigenvalue weighted by Gasteiger charge is -2.34. The number of thiazole rings is 1. The van der Waals surface area contributed by atoms with Crippen molar-refractivity contribution in [1.82, 2.24) is 19.8 Å². The van der Waals surface area contributed by atoms with E-state index in [1.807, 2.05) is 16.5 Å². The molecule has 0 radical (unpaired) electrons. The van der Waals surface area contributed by atoms with Crippen molar-refractivity contribution in [3.05, 3.63) is 50.3 Å². The molecule has 1 amide bonds.